The van der Waals surface area contributed by atoms with Crippen molar-refractivity contribution in [1.29, 1.82) is 0 Å². The van der Waals surface area contributed by atoms with Crippen molar-refractivity contribution in [2.45, 2.75) is 46.3 Å². The number of nitrogens with one attached hydrogen (secondary N) is 2. The fourth-order valence-corrected chi connectivity index (χ4v) is 1.70. The van der Waals surface area contributed by atoms with E-state index in [0.717, 1.165) is 19.5 Å². The van der Waals surface area contributed by atoms with Gasteiger partial charge in [0.1, 0.15) is 6.04 Å². The molecular formula is C12H24N2O2. The molecule has 4 heteroatoms. The van der Waals surface area contributed by atoms with Crippen molar-refractivity contribution >= 4 is 5.91 Å². The van der Waals surface area contributed by atoms with Crippen LogP contribution in [0.2, 0.25) is 0 Å². The van der Waals surface area contributed by atoms with Crippen LogP contribution in [0.1, 0.15) is 34.1 Å². The molecule has 1 aliphatic rings. The summed E-state index contributed by atoms with van der Waals surface area (Å²) in [6, 6.07) is -0.200. The summed E-state index contributed by atoms with van der Waals surface area (Å²) in [6.07, 6.45) is 0.948. The molecular weight excluding hydrogens is 204 g/mol. The van der Waals surface area contributed by atoms with Gasteiger partial charge in [0.15, 0.2) is 0 Å². The van der Waals surface area contributed by atoms with Crippen LogP contribution in [-0.4, -0.2) is 37.7 Å². The molecule has 0 aromatic heterocycles. The molecule has 16 heavy (non-hydrogen) atoms. The zero-order valence-corrected chi connectivity index (χ0v) is 10.8. The van der Waals surface area contributed by atoms with E-state index in [-0.39, 0.29) is 23.5 Å². The molecule has 1 heterocycles. The highest BCUT2D eigenvalue weighted by Gasteiger charge is 2.28. The fourth-order valence-electron chi connectivity index (χ4n) is 1.70. The van der Waals surface area contributed by atoms with Crippen molar-refractivity contribution in [1.82, 2.24) is 10.6 Å². The second-order valence-corrected chi connectivity index (χ2v) is 5.61. The minimum absolute atomic E-state index is 0.0385. The standard InChI is InChI=1S/C12H24N2O2/c1-9-10(13-7-8-16-9)11(15)14-6-5-12(2,3)4/h9-10,13H,5-8H2,1-4H3,(H,14,15)/t9-,10+/m1/s1. The summed E-state index contributed by atoms with van der Waals surface area (Å²) in [5.41, 5.74) is 0.259. The topological polar surface area (TPSA) is 50.4 Å². The van der Waals surface area contributed by atoms with Gasteiger partial charge in [-0.25, -0.2) is 0 Å². The maximum Gasteiger partial charge on any atom is 0.239 e. The van der Waals surface area contributed by atoms with Gasteiger partial charge in [0.25, 0.3) is 0 Å². The van der Waals surface area contributed by atoms with E-state index in [2.05, 4.69) is 31.4 Å². The number of morpholine rings is 1. The van der Waals surface area contributed by atoms with Crippen molar-refractivity contribution in [2.24, 2.45) is 5.41 Å². The Bertz CT molecular complexity index is 236. The maximum atomic E-state index is 11.8. The quantitative estimate of drug-likeness (QED) is 0.755. The van der Waals surface area contributed by atoms with Crippen LogP contribution in [-0.2, 0) is 9.53 Å². The Labute approximate surface area is 98.1 Å². The molecule has 0 aliphatic carbocycles. The van der Waals surface area contributed by atoms with Crippen LogP contribution in [0.15, 0.2) is 0 Å². The van der Waals surface area contributed by atoms with E-state index in [9.17, 15) is 4.79 Å². The molecule has 4 nitrogen and oxygen atoms in total. The molecule has 0 aromatic rings. The lowest BCUT2D eigenvalue weighted by Crippen LogP contribution is -2.55. The molecule has 94 valence electrons. The van der Waals surface area contributed by atoms with E-state index in [1.807, 2.05) is 6.92 Å². The Hall–Kier alpha value is -0.610. The van der Waals surface area contributed by atoms with Gasteiger partial charge in [-0.15, -0.1) is 0 Å². The van der Waals surface area contributed by atoms with Gasteiger partial charge in [-0.1, -0.05) is 20.8 Å². The summed E-state index contributed by atoms with van der Waals surface area (Å²) >= 11 is 0. The maximum absolute atomic E-state index is 11.8. The van der Waals surface area contributed by atoms with Crippen molar-refractivity contribution in [3.05, 3.63) is 0 Å². The monoisotopic (exact) mass is 228 g/mol. The second-order valence-electron chi connectivity index (χ2n) is 5.61. The van der Waals surface area contributed by atoms with Gasteiger partial charge in [-0.2, -0.15) is 0 Å². The molecule has 1 aliphatic heterocycles. The van der Waals surface area contributed by atoms with E-state index in [4.69, 9.17) is 4.74 Å². The van der Waals surface area contributed by atoms with E-state index < -0.39 is 0 Å². The zero-order valence-electron chi connectivity index (χ0n) is 10.8. The molecule has 1 saturated heterocycles. The van der Waals surface area contributed by atoms with Gasteiger partial charge in [0, 0.05) is 13.1 Å². The number of ether oxygens (including phenoxy) is 1. The highest BCUT2D eigenvalue weighted by atomic mass is 16.5. The molecule has 0 radical (unpaired) electrons. The Morgan fingerprint density at radius 1 is 1.50 bits per heavy atom. The second kappa shape index (κ2) is 5.64. The van der Waals surface area contributed by atoms with Crippen LogP contribution in [0.5, 0.6) is 0 Å². The first kappa shape index (κ1) is 13.5. The van der Waals surface area contributed by atoms with Crippen molar-refractivity contribution < 1.29 is 9.53 Å². The van der Waals surface area contributed by atoms with Gasteiger partial charge < -0.3 is 15.4 Å². The van der Waals surface area contributed by atoms with Crippen molar-refractivity contribution in [3.8, 4) is 0 Å². The van der Waals surface area contributed by atoms with Crippen LogP contribution in [0.3, 0.4) is 0 Å². The lowest BCUT2D eigenvalue weighted by atomic mass is 9.92. The third kappa shape index (κ3) is 4.49. The van der Waals surface area contributed by atoms with Gasteiger partial charge in [-0.05, 0) is 18.8 Å². The first-order valence-electron chi connectivity index (χ1n) is 6.03. The molecule has 0 spiro atoms. The average molecular weight is 228 g/mol. The third-order valence-electron chi connectivity index (χ3n) is 2.77. The summed E-state index contributed by atoms with van der Waals surface area (Å²) in [4.78, 5) is 11.8. The van der Waals surface area contributed by atoms with E-state index >= 15 is 0 Å². The van der Waals surface area contributed by atoms with Crippen LogP contribution >= 0.6 is 0 Å². The van der Waals surface area contributed by atoms with Gasteiger partial charge in [0.2, 0.25) is 5.91 Å². The molecule has 1 fully saturated rings. The lowest BCUT2D eigenvalue weighted by molar-refractivity contribution is -0.128. The number of carbonyl (C=O) groups excluding carboxylic acids is 1. The first-order chi connectivity index (χ1) is 7.40. The summed E-state index contributed by atoms with van der Waals surface area (Å²) < 4.78 is 5.44. The Morgan fingerprint density at radius 3 is 2.75 bits per heavy atom. The number of carbonyl (C=O) groups is 1. The molecule has 0 saturated carbocycles. The Kier molecular flexibility index (Phi) is 4.74. The average Bonchev–Trinajstić information content (AvgIpc) is 2.16. The smallest absolute Gasteiger partial charge is 0.239 e. The third-order valence-corrected chi connectivity index (χ3v) is 2.77. The molecule has 2 N–H and O–H groups in total. The minimum atomic E-state index is -0.200. The predicted molar refractivity (Wildman–Crippen MR) is 64.3 cm³/mol. The summed E-state index contributed by atoms with van der Waals surface area (Å²) in [7, 11) is 0. The van der Waals surface area contributed by atoms with E-state index in [1.165, 1.54) is 0 Å². The van der Waals surface area contributed by atoms with E-state index in [0.29, 0.717) is 6.61 Å². The molecule has 0 aromatic carbocycles. The van der Waals surface area contributed by atoms with Crippen LogP contribution in [0.4, 0.5) is 0 Å². The van der Waals surface area contributed by atoms with Crippen LogP contribution in [0, 0.1) is 5.41 Å². The molecule has 0 unspecified atom stereocenters. The summed E-state index contributed by atoms with van der Waals surface area (Å²) in [5, 5.41) is 6.14. The fraction of sp³-hybridized carbons (Fsp3) is 0.917. The Morgan fingerprint density at radius 2 is 2.19 bits per heavy atom. The van der Waals surface area contributed by atoms with E-state index in [1.54, 1.807) is 0 Å². The predicted octanol–water partition coefficient (Wildman–Crippen LogP) is 0.916. The van der Waals surface area contributed by atoms with Crippen molar-refractivity contribution in [3.63, 3.8) is 0 Å². The number of amides is 1. The SMILES string of the molecule is C[C@H]1OCCN[C@@H]1C(=O)NCCC(C)(C)C. The molecule has 0 bridgehead atoms. The first-order valence-corrected chi connectivity index (χ1v) is 6.03. The molecule has 2 atom stereocenters. The highest BCUT2D eigenvalue weighted by molar-refractivity contribution is 5.82. The summed E-state index contributed by atoms with van der Waals surface area (Å²) in [6.45, 7) is 10.6. The zero-order chi connectivity index (χ0) is 12.2. The van der Waals surface area contributed by atoms with Crippen LogP contribution < -0.4 is 10.6 Å². The highest BCUT2D eigenvalue weighted by Crippen LogP contribution is 2.17. The number of hydrogen-bond donors (Lipinski definition) is 2. The summed E-state index contributed by atoms with van der Waals surface area (Å²) in [5.74, 6) is 0.0523. The van der Waals surface area contributed by atoms with Crippen LogP contribution in [0.25, 0.3) is 0 Å². The number of rotatable bonds is 3. The molecule has 1 amide bonds. The van der Waals surface area contributed by atoms with Gasteiger partial charge in [-0.3, -0.25) is 4.79 Å². The van der Waals surface area contributed by atoms with Crippen molar-refractivity contribution in [2.75, 3.05) is 19.7 Å². The molecule has 1 rings (SSSR count). The van der Waals surface area contributed by atoms with Gasteiger partial charge >= 0.3 is 0 Å². The minimum Gasteiger partial charge on any atom is -0.375 e. The lowest BCUT2D eigenvalue weighted by Gasteiger charge is -2.29. The normalized spacial score (nSPS) is 26.5. The van der Waals surface area contributed by atoms with Gasteiger partial charge in [0.05, 0.1) is 12.7 Å². The Balaban J connectivity index is 2.29. The largest absolute Gasteiger partial charge is 0.375 e. The number of hydrogen-bond acceptors (Lipinski definition) is 3.